The van der Waals surface area contributed by atoms with Crippen molar-refractivity contribution in [2.45, 2.75) is 41.0 Å². The highest BCUT2D eigenvalue weighted by molar-refractivity contribution is 6.12. The first kappa shape index (κ1) is 23.2. The molecule has 0 aliphatic carbocycles. The Hall–Kier alpha value is -2.88. The van der Waals surface area contributed by atoms with Gasteiger partial charge < -0.3 is 9.84 Å². The van der Waals surface area contributed by atoms with Gasteiger partial charge in [-0.05, 0) is 63.0 Å². The van der Waals surface area contributed by atoms with E-state index in [0.717, 1.165) is 34.5 Å². The molecule has 0 aromatic heterocycles. The van der Waals surface area contributed by atoms with Gasteiger partial charge in [0, 0.05) is 18.3 Å². The number of aliphatic imine (C=N–C) groups is 1. The molecule has 0 saturated carbocycles. The number of hydrogen-bond donors (Lipinski definition) is 1. The van der Waals surface area contributed by atoms with Crippen LogP contribution < -0.4 is 4.74 Å². The van der Waals surface area contributed by atoms with Gasteiger partial charge in [-0.3, -0.25) is 9.79 Å². The number of carbonyl (C=O) groups excluding carboxylic acids is 1. The molecule has 0 radical (unpaired) electrons. The van der Waals surface area contributed by atoms with Gasteiger partial charge in [0.2, 0.25) is 0 Å². The third kappa shape index (κ3) is 7.03. The second-order valence-electron chi connectivity index (χ2n) is 6.50. The topological polar surface area (TPSA) is 58.9 Å². The van der Waals surface area contributed by atoms with Crippen LogP contribution in [0.15, 0.2) is 70.5 Å². The lowest BCUT2D eigenvalue weighted by Crippen LogP contribution is -2.03. The Morgan fingerprint density at radius 3 is 2.39 bits per heavy atom. The highest BCUT2D eigenvalue weighted by Crippen LogP contribution is 2.27. The molecule has 4 heteroatoms. The number of Topliss-reactive ketones (excluding diaryl/α,β-unsaturated/α-hetero) is 1. The van der Waals surface area contributed by atoms with Crippen LogP contribution in [0.2, 0.25) is 0 Å². The molecule has 0 atom stereocenters. The summed E-state index contributed by atoms with van der Waals surface area (Å²) in [4.78, 5) is 16.0. The number of allylic oxidation sites excluding steroid dienone is 6. The lowest BCUT2D eigenvalue weighted by Gasteiger charge is -2.11. The van der Waals surface area contributed by atoms with Gasteiger partial charge in [-0.2, -0.15) is 0 Å². The molecule has 1 rings (SSSR count). The van der Waals surface area contributed by atoms with Crippen LogP contribution in [0.3, 0.4) is 0 Å². The van der Waals surface area contributed by atoms with Crippen LogP contribution in [-0.4, -0.2) is 30.3 Å². The SMILES string of the molecule is C=C(/C=C(C)/C(C)=C/C(O)=C(\C=NCCC)C(C)=O)c1ccccc1OCC. The van der Waals surface area contributed by atoms with Crippen molar-refractivity contribution in [3.8, 4) is 5.75 Å². The summed E-state index contributed by atoms with van der Waals surface area (Å²) in [5.41, 5.74) is 3.70. The summed E-state index contributed by atoms with van der Waals surface area (Å²) in [6.45, 7) is 14.5. The van der Waals surface area contributed by atoms with E-state index in [-0.39, 0.29) is 17.1 Å². The van der Waals surface area contributed by atoms with E-state index >= 15 is 0 Å². The van der Waals surface area contributed by atoms with Crippen molar-refractivity contribution in [2.24, 2.45) is 4.99 Å². The molecule has 1 aromatic carbocycles. The maximum absolute atomic E-state index is 11.8. The van der Waals surface area contributed by atoms with Gasteiger partial charge in [0.1, 0.15) is 11.5 Å². The predicted octanol–water partition coefficient (Wildman–Crippen LogP) is 5.87. The van der Waals surface area contributed by atoms with E-state index in [0.29, 0.717) is 13.2 Å². The summed E-state index contributed by atoms with van der Waals surface area (Å²) in [6.07, 6.45) is 5.85. The molecular weight excluding hydrogens is 350 g/mol. The third-order valence-corrected chi connectivity index (χ3v) is 4.13. The van der Waals surface area contributed by atoms with Gasteiger partial charge in [0.25, 0.3) is 0 Å². The highest BCUT2D eigenvalue weighted by Gasteiger charge is 2.09. The number of nitrogens with zero attached hydrogens (tertiary/aromatic N) is 1. The highest BCUT2D eigenvalue weighted by atomic mass is 16.5. The molecule has 1 N–H and O–H groups in total. The minimum atomic E-state index is -0.224. The molecule has 0 saturated heterocycles. The lowest BCUT2D eigenvalue weighted by molar-refractivity contribution is -0.113. The van der Waals surface area contributed by atoms with Gasteiger partial charge in [0.05, 0.1) is 12.2 Å². The Morgan fingerprint density at radius 1 is 1.14 bits per heavy atom. The zero-order chi connectivity index (χ0) is 21.1. The Morgan fingerprint density at radius 2 is 1.79 bits per heavy atom. The number of ether oxygens (including phenoxy) is 1. The Bertz CT molecular complexity index is 826. The van der Waals surface area contributed by atoms with Crippen molar-refractivity contribution in [3.05, 3.63) is 71.0 Å². The van der Waals surface area contributed by atoms with Crippen LogP contribution in [0.25, 0.3) is 5.57 Å². The van der Waals surface area contributed by atoms with E-state index in [4.69, 9.17) is 4.74 Å². The molecule has 28 heavy (non-hydrogen) atoms. The number of hydrogen-bond acceptors (Lipinski definition) is 4. The molecule has 150 valence electrons. The first-order chi connectivity index (χ1) is 13.3. The molecule has 0 aliphatic heterocycles. The summed E-state index contributed by atoms with van der Waals surface area (Å²) in [7, 11) is 0. The van der Waals surface area contributed by atoms with Gasteiger partial charge in [0.15, 0.2) is 5.78 Å². The van der Waals surface area contributed by atoms with Gasteiger partial charge in [-0.1, -0.05) is 37.8 Å². The second kappa shape index (κ2) is 11.8. The van der Waals surface area contributed by atoms with E-state index in [1.165, 1.54) is 13.1 Å². The fourth-order valence-electron chi connectivity index (χ4n) is 2.49. The third-order valence-electron chi connectivity index (χ3n) is 4.13. The average Bonchev–Trinajstić information content (AvgIpc) is 2.65. The zero-order valence-corrected chi connectivity index (χ0v) is 17.6. The Labute approximate surface area is 168 Å². The van der Waals surface area contributed by atoms with E-state index < -0.39 is 0 Å². The van der Waals surface area contributed by atoms with Crippen molar-refractivity contribution in [1.82, 2.24) is 0 Å². The summed E-state index contributed by atoms with van der Waals surface area (Å²) < 4.78 is 5.67. The smallest absolute Gasteiger partial charge is 0.165 e. The van der Waals surface area contributed by atoms with E-state index in [9.17, 15) is 9.90 Å². The number of para-hydroxylation sites is 1. The molecule has 1 aromatic rings. The van der Waals surface area contributed by atoms with Gasteiger partial charge in [-0.15, -0.1) is 0 Å². The molecule has 4 nitrogen and oxygen atoms in total. The number of ketones is 1. The summed E-state index contributed by atoms with van der Waals surface area (Å²) in [5, 5.41) is 10.4. The van der Waals surface area contributed by atoms with Crippen molar-refractivity contribution in [3.63, 3.8) is 0 Å². The maximum Gasteiger partial charge on any atom is 0.165 e. The van der Waals surface area contributed by atoms with Crippen molar-refractivity contribution in [2.75, 3.05) is 13.2 Å². The monoisotopic (exact) mass is 381 g/mol. The average molecular weight is 382 g/mol. The lowest BCUT2D eigenvalue weighted by atomic mass is 10.00. The number of aliphatic hydroxyl groups excluding tert-OH is 1. The summed E-state index contributed by atoms with van der Waals surface area (Å²) in [6, 6.07) is 7.75. The van der Waals surface area contributed by atoms with Crippen molar-refractivity contribution < 1.29 is 14.6 Å². The molecule has 0 spiro atoms. The minimum Gasteiger partial charge on any atom is -0.507 e. The molecule has 0 aliphatic rings. The van der Waals surface area contributed by atoms with Crippen LogP contribution in [0, 0.1) is 0 Å². The predicted molar refractivity (Wildman–Crippen MR) is 118 cm³/mol. The number of rotatable bonds is 10. The summed E-state index contributed by atoms with van der Waals surface area (Å²) >= 11 is 0. The van der Waals surface area contributed by atoms with E-state index in [1.807, 2.05) is 58.0 Å². The standard InChI is InChI=1S/C24H31NO3/c1-7-13-25-16-22(20(6)26)23(27)15-18(4)17(3)14-19(5)21-11-9-10-12-24(21)28-8-2/h9-12,14-16,27H,5,7-8,13H2,1-4,6H3/b17-14+,18-15+,23-22-,25-16?. The fourth-order valence-corrected chi connectivity index (χ4v) is 2.49. The molecule has 0 unspecified atom stereocenters. The first-order valence-electron chi connectivity index (χ1n) is 9.53. The molecular formula is C24H31NO3. The van der Waals surface area contributed by atoms with Gasteiger partial charge in [-0.25, -0.2) is 0 Å². The van der Waals surface area contributed by atoms with E-state index in [2.05, 4.69) is 11.6 Å². The molecule has 0 amide bonds. The number of carbonyl (C=O) groups is 1. The molecule has 0 heterocycles. The van der Waals surface area contributed by atoms with E-state index in [1.54, 1.807) is 6.08 Å². The molecule has 0 fully saturated rings. The Kier molecular flexibility index (Phi) is 9.72. The van der Waals surface area contributed by atoms with Crippen LogP contribution in [0.5, 0.6) is 5.75 Å². The van der Waals surface area contributed by atoms with Crippen LogP contribution >= 0.6 is 0 Å². The van der Waals surface area contributed by atoms with Crippen LogP contribution in [-0.2, 0) is 4.79 Å². The first-order valence-corrected chi connectivity index (χ1v) is 9.53. The molecule has 0 bridgehead atoms. The second-order valence-corrected chi connectivity index (χ2v) is 6.50. The van der Waals surface area contributed by atoms with Crippen molar-refractivity contribution in [1.29, 1.82) is 0 Å². The number of aliphatic hydroxyl groups is 1. The van der Waals surface area contributed by atoms with Crippen LogP contribution in [0.4, 0.5) is 0 Å². The van der Waals surface area contributed by atoms with Crippen LogP contribution in [0.1, 0.15) is 46.6 Å². The quantitative estimate of drug-likeness (QED) is 0.238. The van der Waals surface area contributed by atoms with Crippen molar-refractivity contribution >= 4 is 17.6 Å². The Balaban J connectivity index is 3.16. The number of benzene rings is 1. The zero-order valence-electron chi connectivity index (χ0n) is 17.6. The largest absolute Gasteiger partial charge is 0.507 e. The summed E-state index contributed by atoms with van der Waals surface area (Å²) in [5.74, 6) is 0.477. The minimum absolute atomic E-state index is 0.0852. The maximum atomic E-state index is 11.8. The normalized spacial score (nSPS) is 13.5. The van der Waals surface area contributed by atoms with Gasteiger partial charge >= 0.3 is 0 Å². The fraction of sp³-hybridized carbons (Fsp3) is 0.333.